The number of ether oxygens (including phenoxy) is 5. The minimum Gasteiger partial charge on any atom is -0.482 e. The van der Waals surface area contributed by atoms with E-state index in [0.29, 0.717) is 17.1 Å². The third kappa shape index (κ3) is 16.4. The van der Waals surface area contributed by atoms with Gasteiger partial charge in [-0.3, -0.25) is 9.59 Å². The van der Waals surface area contributed by atoms with Gasteiger partial charge in [0.2, 0.25) is 0 Å². The number of methoxy groups -OCH3 is 1. The van der Waals surface area contributed by atoms with E-state index in [1.165, 1.54) is 7.11 Å². The van der Waals surface area contributed by atoms with E-state index in [2.05, 4.69) is 4.74 Å². The van der Waals surface area contributed by atoms with Crippen molar-refractivity contribution in [1.29, 1.82) is 0 Å². The van der Waals surface area contributed by atoms with Crippen LogP contribution in [0.5, 0.6) is 11.5 Å². The van der Waals surface area contributed by atoms with Crippen LogP contribution in [-0.4, -0.2) is 60.5 Å². The zero-order chi connectivity index (χ0) is 29.6. The smallest absolute Gasteiger partial charge is 0.344 e. The van der Waals surface area contributed by atoms with Crippen LogP contribution in [0.15, 0.2) is 48.5 Å². The van der Waals surface area contributed by atoms with Gasteiger partial charge in [-0.25, -0.2) is 9.59 Å². The molecule has 2 rings (SSSR count). The molecule has 0 heterocycles. The Bertz CT molecular complexity index is 1080. The second kappa shape index (κ2) is 15.4. The Morgan fingerprint density at radius 2 is 0.974 bits per heavy atom. The molecule has 0 bridgehead atoms. The van der Waals surface area contributed by atoms with Crippen LogP contribution in [0.25, 0.3) is 0 Å². The average molecular weight is 547 g/mol. The number of hydrogen-bond donors (Lipinski definition) is 1. The molecule has 1 N–H and O–H groups in total. The second-order valence-electron chi connectivity index (χ2n) is 10.4. The third-order valence-corrected chi connectivity index (χ3v) is 4.33. The highest BCUT2D eigenvalue weighted by Gasteiger charge is 2.17. The molecule has 0 spiro atoms. The average Bonchev–Trinajstić information content (AvgIpc) is 2.81. The predicted octanol–water partition coefficient (Wildman–Crippen LogP) is 4.16. The van der Waals surface area contributed by atoms with E-state index < -0.39 is 29.1 Å². The van der Waals surface area contributed by atoms with Crippen LogP contribution in [0.1, 0.15) is 52.7 Å². The lowest BCUT2D eigenvalue weighted by molar-refractivity contribution is -0.158. The fourth-order valence-electron chi connectivity index (χ4n) is 2.85. The monoisotopic (exact) mass is 546 g/mol. The number of esters is 3. The first-order chi connectivity index (χ1) is 18.1. The summed E-state index contributed by atoms with van der Waals surface area (Å²) in [6, 6.07) is 13.5. The Labute approximate surface area is 229 Å². The highest BCUT2D eigenvalue weighted by molar-refractivity contribution is 5.73. The number of rotatable bonds is 10. The Hall–Kier alpha value is -4.08. The molecule has 0 aliphatic heterocycles. The molecule has 214 valence electrons. The summed E-state index contributed by atoms with van der Waals surface area (Å²) in [5.74, 6) is -1.00. The van der Waals surface area contributed by atoms with E-state index in [9.17, 15) is 19.2 Å². The standard InChI is InChI=1S/C15H20O5.C14H18O5/c1-15(2,3)20-14(17)10-19-12-7-5-11(6-8-12)9-13(16)18-4;1-14(2,3)19-13(17)9-18-11-6-4-10(5-7-11)8-12(15)16/h5-8H,9-10H2,1-4H3;4-7H,8-9H2,1-3H3,(H,15,16). The number of carbonyl (C=O) groups excluding carboxylic acids is 3. The summed E-state index contributed by atoms with van der Waals surface area (Å²) in [6.45, 7) is 10.4. The van der Waals surface area contributed by atoms with Crippen molar-refractivity contribution in [3.05, 3.63) is 59.7 Å². The molecule has 0 fully saturated rings. The van der Waals surface area contributed by atoms with Crippen LogP contribution in [0.4, 0.5) is 0 Å². The van der Waals surface area contributed by atoms with Gasteiger partial charge in [0, 0.05) is 0 Å². The summed E-state index contributed by atoms with van der Waals surface area (Å²) in [5.41, 5.74) is 0.440. The summed E-state index contributed by atoms with van der Waals surface area (Å²) in [7, 11) is 1.35. The van der Waals surface area contributed by atoms with Crippen molar-refractivity contribution in [2.24, 2.45) is 0 Å². The molecular weight excluding hydrogens is 508 g/mol. The van der Waals surface area contributed by atoms with E-state index >= 15 is 0 Å². The molecule has 10 heteroatoms. The molecule has 0 amide bonds. The van der Waals surface area contributed by atoms with Crippen molar-refractivity contribution in [2.45, 2.75) is 65.6 Å². The molecular formula is C29H38O10. The van der Waals surface area contributed by atoms with Gasteiger partial charge in [0.05, 0.1) is 20.0 Å². The molecule has 39 heavy (non-hydrogen) atoms. The maximum Gasteiger partial charge on any atom is 0.344 e. The van der Waals surface area contributed by atoms with E-state index in [1.807, 2.05) is 0 Å². The van der Waals surface area contributed by atoms with Gasteiger partial charge in [0.15, 0.2) is 13.2 Å². The highest BCUT2D eigenvalue weighted by atomic mass is 16.6. The number of hydrogen-bond acceptors (Lipinski definition) is 9. The van der Waals surface area contributed by atoms with Crippen LogP contribution in [0.2, 0.25) is 0 Å². The number of carboxylic acid groups (broad SMARTS) is 1. The van der Waals surface area contributed by atoms with Crippen LogP contribution >= 0.6 is 0 Å². The topological polar surface area (TPSA) is 135 Å². The lowest BCUT2D eigenvalue weighted by atomic mass is 10.1. The molecule has 0 atom stereocenters. The molecule has 2 aromatic carbocycles. The van der Waals surface area contributed by atoms with Gasteiger partial charge in [-0.05, 0) is 76.9 Å². The van der Waals surface area contributed by atoms with E-state index in [1.54, 1.807) is 90.1 Å². The van der Waals surface area contributed by atoms with Gasteiger partial charge in [-0.2, -0.15) is 0 Å². The largest absolute Gasteiger partial charge is 0.482 e. The van der Waals surface area contributed by atoms with Crippen LogP contribution < -0.4 is 9.47 Å². The lowest BCUT2D eigenvalue weighted by Crippen LogP contribution is -2.27. The second-order valence-corrected chi connectivity index (χ2v) is 10.4. The van der Waals surface area contributed by atoms with Crippen molar-refractivity contribution in [3.63, 3.8) is 0 Å². The van der Waals surface area contributed by atoms with Gasteiger partial charge >= 0.3 is 23.9 Å². The summed E-state index contributed by atoms with van der Waals surface area (Å²) >= 11 is 0. The number of carbonyl (C=O) groups is 4. The van der Waals surface area contributed by atoms with Crippen molar-refractivity contribution in [3.8, 4) is 11.5 Å². The van der Waals surface area contributed by atoms with Gasteiger partial charge in [0.25, 0.3) is 0 Å². The molecule has 0 aliphatic rings. The Kier molecular flexibility index (Phi) is 13.0. The summed E-state index contributed by atoms with van der Waals surface area (Å²) < 4.78 is 25.4. The predicted molar refractivity (Wildman–Crippen MR) is 143 cm³/mol. The molecule has 0 radical (unpaired) electrons. The number of benzene rings is 2. The quantitative estimate of drug-likeness (QED) is 0.342. The first-order valence-corrected chi connectivity index (χ1v) is 12.2. The van der Waals surface area contributed by atoms with E-state index in [-0.39, 0.29) is 32.0 Å². The lowest BCUT2D eigenvalue weighted by Gasteiger charge is -2.19. The van der Waals surface area contributed by atoms with Gasteiger partial charge in [-0.1, -0.05) is 24.3 Å². The molecule has 0 saturated heterocycles. The van der Waals surface area contributed by atoms with Crippen LogP contribution in [-0.2, 0) is 46.2 Å². The number of carboxylic acids is 1. The van der Waals surface area contributed by atoms with E-state index in [4.69, 9.17) is 24.1 Å². The van der Waals surface area contributed by atoms with E-state index in [0.717, 1.165) is 5.56 Å². The first-order valence-electron chi connectivity index (χ1n) is 12.2. The molecule has 0 aliphatic carbocycles. The van der Waals surface area contributed by atoms with Crippen molar-refractivity contribution in [2.75, 3.05) is 20.3 Å². The summed E-state index contributed by atoms with van der Waals surface area (Å²) in [6.07, 6.45) is 0.176. The molecule has 10 nitrogen and oxygen atoms in total. The maximum absolute atomic E-state index is 11.5. The van der Waals surface area contributed by atoms with Gasteiger partial charge < -0.3 is 28.8 Å². The van der Waals surface area contributed by atoms with Crippen LogP contribution in [0, 0.1) is 0 Å². The van der Waals surface area contributed by atoms with Crippen molar-refractivity contribution < 1.29 is 48.0 Å². The van der Waals surface area contributed by atoms with Crippen molar-refractivity contribution in [1.82, 2.24) is 0 Å². The fraction of sp³-hybridized carbons (Fsp3) is 0.448. The zero-order valence-corrected chi connectivity index (χ0v) is 23.6. The summed E-state index contributed by atoms with van der Waals surface area (Å²) in [5, 5.41) is 8.63. The molecule has 0 saturated carbocycles. The summed E-state index contributed by atoms with van der Waals surface area (Å²) in [4.78, 5) is 44.5. The highest BCUT2D eigenvalue weighted by Crippen LogP contribution is 2.15. The maximum atomic E-state index is 11.5. The van der Waals surface area contributed by atoms with Gasteiger partial charge in [0.1, 0.15) is 22.7 Å². The normalized spacial score (nSPS) is 10.8. The van der Waals surface area contributed by atoms with Crippen molar-refractivity contribution >= 4 is 23.9 Å². The van der Waals surface area contributed by atoms with Crippen LogP contribution in [0.3, 0.4) is 0 Å². The Morgan fingerprint density at radius 1 is 0.615 bits per heavy atom. The Balaban J connectivity index is 0.000000391. The minimum atomic E-state index is -0.887. The molecule has 0 aromatic heterocycles. The minimum absolute atomic E-state index is 0.0354. The number of aliphatic carboxylic acids is 1. The first kappa shape index (κ1) is 32.9. The van der Waals surface area contributed by atoms with Gasteiger partial charge in [-0.15, -0.1) is 0 Å². The SMILES string of the molecule is CC(C)(C)OC(=O)COc1ccc(CC(=O)O)cc1.COC(=O)Cc1ccc(OCC(=O)OC(C)(C)C)cc1. The fourth-order valence-corrected chi connectivity index (χ4v) is 2.85. The third-order valence-electron chi connectivity index (χ3n) is 4.33. The molecule has 0 unspecified atom stereocenters. The Morgan fingerprint density at radius 3 is 1.28 bits per heavy atom. The molecule has 2 aromatic rings. The zero-order valence-electron chi connectivity index (χ0n) is 23.6.